The number of pyridine rings is 1. The summed E-state index contributed by atoms with van der Waals surface area (Å²) >= 11 is 0. The van der Waals surface area contributed by atoms with Crippen LogP contribution < -0.4 is 10.2 Å². The molecule has 2 aromatic heterocycles. The van der Waals surface area contributed by atoms with Gasteiger partial charge in [0.2, 0.25) is 0 Å². The highest BCUT2D eigenvalue weighted by atomic mass is 15.3. The molecule has 29 heavy (non-hydrogen) atoms. The molecule has 4 rings (SSSR count). The van der Waals surface area contributed by atoms with Crippen LogP contribution >= 0.6 is 0 Å². The van der Waals surface area contributed by atoms with Crippen LogP contribution in [0.3, 0.4) is 0 Å². The van der Waals surface area contributed by atoms with Crippen molar-refractivity contribution in [3.8, 4) is 11.3 Å². The highest BCUT2D eigenvalue weighted by Crippen LogP contribution is 2.33. The number of nitrogens with one attached hydrogen (secondary N) is 1. The number of hydrogen-bond acceptors (Lipinski definition) is 5. The summed E-state index contributed by atoms with van der Waals surface area (Å²) < 4.78 is 0. The molecule has 0 spiro atoms. The van der Waals surface area contributed by atoms with Crippen molar-refractivity contribution in [3.63, 3.8) is 0 Å². The van der Waals surface area contributed by atoms with Crippen LogP contribution in [-0.2, 0) is 0 Å². The number of benzene rings is 1. The second kappa shape index (κ2) is 7.06. The van der Waals surface area contributed by atoms with Crippen molar-refractivity contribution < 1.29 is 0 Å². The summed E-state index contributed by atoms with van der Waals surface area (Å²) in [6, 6.07) is 15.0. The van der Waals surface area contributed by atoms with E-state index < -0.39 is 0 Å². The number of hydrogen-bond donors (Lipinski definition) is 1. The summed E-state index contributed by atoms with van der Waals surface area (Å²) in [5, 5.41) is 14.0. The van der Waals surface area contributed by atoms with Crippen LogP contribution in [0.2, 0.25) is 0 Å². The Bertz CT molecular complexity index is 1010. The van der Waals surface area contributed by atoms with E-state index in [4.69, 9.17) is 0 Å². The van der Waals surface area contributed by atoms with Gasteiger partial charge >= 0.3 is 0 Å². The second-order valence-corrected chi connectivity index (χ2v) is 9.70. The van der Waals surface area contributed by atoms with Crippen molar-refractivity contribution in [2.45, 2.75) is 64.6 Å². The average molecular weight is 390 g/mol. The predicted molar refractivity (Wildman–Crippen MR) is 120 cm³/mol. The van der Waals surface area contributed by atoms with E-state index in [-0.39, 0.29) is 11.1 Å². The molecule has 0 bridgehead atoms. The molecule has 0 amide bonds. The zero-order chi connectivity index (χ0) is 20.8. The molecule has 1 aliphatic heterocycles. The van der Waals surface area contributed by atoms with E-state index in [1.54, 1.807) is 0 Å². The smallest absolute Gasteiger partial charge is 0.151 e. The molecule has 0 unspecified atom stereocenters. The summed E-state index contributed by atoms with van der Waals surface area (Å²) in [6.07, 6.45) is 2.15. The number of anilines is 1. The van der Waals surface area contributed by atoms with Crippen LogP contribution in [0.15, 0.2) is 42.5 Å². The van der Waals surface area contributed by atoms with Gasteiger partial charge in [0.05, 0.1) is 11.2 Å². The molecule has 1 saturated heterocycles. The van der Waals surface area contributed by atoms with Crippen LogP contribution in [-0.4, -0.2) is 39.3 Å². The van der Waals surface area contributed by atoms with Crippen molar-refractivity contribution in [1.29, 1.82) is 0 Å². The molecule has 1 fully saturated rings. The van der Waals surface area contributed by atoms with Gasteiger partial charge in [0.25, 0.3) is 0 Å². The van der Waals surface area contributed by atoms with E-state index in [9.17, 15) is 0 Å². The Labute approximate surface area is 173 Å². The van der Waals surface area contributed by atoms with Gasteiger partial charge in [-0.05, 0) is 71.7 Å². The van der Waals surface area contributed by atoms with E-state index in [1.807, 2.05) is 13.0 Å². The fraction of sp³-hybridized carbons (Fsp3) is 0.458. The molecule has 0 atom stereocenters. The van der Waals surface area contributed by atoms with E-state index in [1.165, 1.54) is 0 Å². The van der Waals surface area contributed by atoms with E-state index in [0.29, 0.717) is 6.04 Å². The maximum Gasteiger partial charge on any atom is 0.151 e. The van der Waals surface area contributed by atoms with E-state index >= 15 is 0 Å². The number of fused-ring (bicyclic) bond motifs is 1. The maximum atomic E-state index is 4.63. The summed E-state index contributed by atoms with van der Waals surface area (Å²) in [5.41, 5.74) is 4.13. The molecular formula is C24H31N5. The molecule has 0 radical (unpaired) electrons. The number of aryl methyl sites for hydroxylation is 1. The Hall–Kier alpha value is -2.53. The Morgan fingerprint density at radius 2 is 1.62 bits per heavy atom. The number of nitrogens with zero attached hydrogens (tertiary/aromatic N) is 4. The minimum Gasteiger partial charge on any atom is -0.355 e. The first kappa shape index (κ1) is 19.8. The third-order valence-electron chi connectivity index (χ3n) is 5.86. The Morgan fingerprint density at radius 1 is 0.931 bits per heavy atom. The van der Waals surface area contributed by atoms with Crippen molar-refractivity contribution in [2.24, 2.45) is 0 Å². The van der Waals surface area contributed by atoms with Gasteiger partial charge in [-0.3, -0.25) is 4.98 Å². The normalized spacial score (nSPS) is 18.7. The minimum atomic E-state index is 0.101. The van der Waals surface area contributed by atoms with Gasteiger partial charge in [0, 0.05) is 40.8 Å². The minimum absolute atomic E-state index is 0.101. The summed E-state index contributed by atoms with van der Waals surface area (Å²) in [5.74, 6) is 0.919. The standard InChI is InChI=1S/C24H31N5/c1-16-7-8-17-9-10-18(13-21(17)25-16)20-11-12-22(27-26-20)29(6)19-14-23(2,3)28-24(4,5)15-19/h7-13,19,28H,14-15H2,1-6H3. The fourth-order valence-corrected chi connectivity index (χ4v) is 4.78. The largest absolute Gasteiger partial charge is 0.355 e. The lowest BCUT2D eigenvalue weighted by atomic mass is 9.79. The molecule has 1 N–H and O–H groups in total. The molecule has 3 heterocycles. The topological polar surface area (TPSA) is 53.9 Å². The molecular weight excluding hydrogens is 358 g/mol. The molecule has 5 heteroatoms. The van der Waals surface area contributed by atoms with Crippen LogP contribution in [0.1, 0.15) is 46.2 Å². The average Bonchev–Trinajstić information content (AvgIpc) is 2.64. The number of piperidine rings is 1. The lowest BCUT2D eigenvalue weighted by molar-refractivity contribution is 0.160. The van der Waals surface area contributed by atoms with Gasteiger partial charge in [0.1, 0.15) is 0 Å². The van der Waals surface area contributed by atoms with Crippen molar-refractivity contribution in [3.05, 3.63) is 48.2 Å². The molecule has 152 valence electrons. The molecule has 1 aromatic carbocycles. The zero-order valence-electron chi connectivity index (χ0n) is 18.3. The SMILES string of the molecule is Cc1ccc2ccc(-c3ccc(N(C)C4CC(C)(C)NC(C)(C)C4)nn3)cc2n1. The van der Waals surface area contributed by atoms with Crippen LogP contribution in [0, 0.1) is 6.92 Å². The van der Waals surface area contributed by atoms with Gasteiger partial charge in [-0.15, -0.1) is 10.2 Å². The van der Waals surface area contributed by atoms with Gasteiger partial charge in [-0.2, -0.15) is 0 Å². The summed E-state index contributed by atoms with van der Waals surface area (Å²) in [4.78, 5) is 6.92. The van der Waals surface area contributed by atoms with Gasteiger partial charge in [0.15, 0.2) is 5.82 Å². The zero-order valence-corrected chi connectivity index (χ0v) is 18.3. The van der Waals surface area contributed by atoms with Crippen molar-refractivity contribution in [1.82, 2.24) is 20.5 Å². The van der Waals surface area contributed by atoms with Crippen molar-refractivity contribution in [2.75, 3.05) is 11.9 Å². The lowest BCUT2D eigenvalue weighted by Gasteiger charge is -2.49. The van der Waals surface area contributed by atoms with E-state index in [0.717, 1.165) is 46.5 Å². The number of aromatic nitrogens is 3. The van der Waals surface area contributed by atoms with Crippen LogP contribution in [0.25, 0.3) is 22.2 Å². The fourth-order valence-electron chi connectivity index (χ4n) is 4.78. The van der Waals surface area contributed by atoms with Gasteiger partial charge < -0.3 is 10.2 Å². The highest BCUT2D eigenvalue weighted by Gasteiger charge is 2.39. The first-order chi connectivity index (χ1) is 13.6. The monoisotopic (exact) mass is 389 g/mol. The van der Waals surface area contributed by atoms with Crippen LogP contribution in [0.4, 0.5) is 5.82 Å². The Kier molecular flexibility index (Phi) is 4.82. The molecule has 5 nitrogen and oxygen atoms in total. The van der Waals surface area contributed by atoms with Gasteiger partial charge in [-0.25, -0.2) is 0 Å². The third kappa shape index (κ3) is 4.25. The molecule has 1 aliphatic rings. The summed E-state index contributed by atoms with van der Waals surface area (Å²) in [7, 11) is 2.13. The number of rotatable bonds is 3. The molecule has 0 aliphatic carbocycles. The first-order valence-electron chi connectivity index (χ1n) is 10.4. The second-order valence-electron chi connectivity index (χ2n) is 9.70. The predicted octanol–water partition coefficient (Wildman–Crippen LogP) is 4.75. The van der Waals surface area contributed by atoms with Gasteiger partial charge in [-0.1, -0.05) is 18.2 Å². The lowest BCUT2D eigenvalue weighted by Crippen LogP contribution is -2.62. The Balaban J connectivity index is 1.57. The first-order valence-corrected chi connectivity index (χ1v) is 10.4. The van der Waals surface area contributed by atoms with Crippen LogP contribution in [0.5, 0.6) is 0 Å². The maximum absolute atomic E-state index is 4.63. The summed E-state index contributed by atoms with van der Waals surface area (Å²) in [6.45, 7) is 11.1. The molecule has 3 aromatic rings. The quantitative estimate of drug-likeness (QED) is 0.701. The van der Waals surface area contributed by atoms with Crippen molar-refractivity contribution >= 4 is 16.7 Å². The highest BCUT2D eigenvalue weighted by molar-refractivity contribution is 5.83. The third-order valence-corrected chi connectivity index (χ3v) is 5.86. The van der Waals surface area contributed by atoms with E-state index in [2.05, 4.69) is 96.5 Å². The molecule has 0 saturated carbocycles. The Morgan fingerprint density at radius 3 is 2.28 bits per heavy atom.